The summed E-state index contributed by atoms with van der Waals surface area (Å²) in [6.45, 7) is 0.230. The third kappa shape index (κ3) is 5.35. The van der Waals surface area contributed by atoms with Crippen LogP contribution in [0.5, 0.6) is 5.75 Å². The minimum atomic E-state index is -3.89. The van der Waals surface area contributed by atoms with Crippen molar-refractivity contribution >= 4 is 39.1 Å². The van der Waals surface area contributed by atoms with E-state index in [0.29, 0.717) is 12.8 Å². The smallest absolute Gasteiger partial charge is 0.238 e. The normalized spacial score (nSPS) is 11.3. The molecule has 1 aromatic carbocycles. The van der Waals surface area contributed by atoms with Crippen molar-refractivity contribution in [2.75, 3.05) is 20.7 Å². The first-order valence-electron chi connectivity index (χ1n) is 5.97. The summed E-state index contributed by atoms with van der Waals surface area (Å²) in [4.78, 5) is 12.7. The van der Waals surface area contributed by atoms with Gasteiger partial charge in [-0.1, -0.05) is 23.2 Å². The van der Waals surface area contributed by atoms with Crippen LogP contribution < -0.4 is 9.88 Å². The van der Waals surface area contributed by atoms with Crippen LogP contribution in [0.4, 0.5) is 0 Å². The number of ether oxygens (including phenoxy) is 1. The number of nitrogens with zero attached hydrogens (tertiary/aromatic N) is 1. The highest BCUT2D eigenvalue weighted by Crippen LogP contribution is 2.35. The summed E-state index contributed by atoms with van der Waals surface area (Å²) in [5, 5.41) is 5.09. The molecular formula is C12H16Cl2N2O4S. The van der Waals surface area contributed by atoms with Crippen molar-refractivity contribution in [3.05, 3.63) is 22.2 Å². The SMILES string of the molecule is CN(C)C(=O)CCCOc1c(Cl)cc(S(N)(=O)=O)cc1Cl. The Morgan fingerprint density at radius 1 is 1.29 bits per heavy atom. The first-order valence-corrected chi connectivity index (χ1v) is 8.28. The van der Waals surface area contributed by atoms with E-state index in [1.165, 1.54) is 17.0 Å². The summed E-state index contributed by atoms with van der Waals surface area (Å²) in [5.41, 5.74) is 0. The average Bonchev–Trinajstić information content (AvgIpc) is 2.35. The summed E-state index contributed by atoms with van der Waals surface area (Å²) < 4.78 is 27.8. The second-order valence-electron chi connectivity index (χ2n) is 4.50. The van der Waals surface area contributed by atoms with Gasteiger partial charge in [0.25, 0.3) is 0 Å². The number of halogens is 2. The Kier molecular flexibility index (Phi) is 6.27. The van der Waals surface area contributed by atoms with Gasteiger partial charge in [-0.2, -0.15) is 0 Å². The maximum Gasteiger partial charge on any atom is 0.238 e. The predicted molar refractivity (Wildman–Crippen MR) is 81.3 cm³/mol. The van der Waals surface area contributed by atoms with Crippen molar-refractivity contribution in [1.29, 1.82) is 0 Å². The Bertz CT molecular complexity index is 609. The molecule has 0 saturated heterocycles. The van der Waals surface area contributed by atoms with Gasteiger partial charge in [0.15, 0.2) is 5.75 Å². The number of carbonyl (C=O) groups excluding carboxylic acids is 1. The minimum Gasteiger partial charge on any atom is -0.490 e. The molecule has 2 N–H and O–H groups in total. The van der Waals surface area contributed by atoms with Crippen LogP contribution >= 0.6 is 23.2 Å². The molecule has 0 fully saturated rings. The van der Waals surface area contributed by atoms with Crippen LogP contribution in [0, 0.1) is 0 Å². The van der Waals surface area contributed by atoms with Gasteiger partial charge in [0.05, 0.1) is 21.5 Å². The molecule has 0 bridgehead atoms. The topological polar surface area (TPSA) is 89.7 Å². The van der Waals surface area contributed by atoms with Crippen molar-refractivity contribution in [2.45, 2.75) is 17.7 Å². The van der Waals surface area contributed by atoms with E-state index in [1.54, 1.807) is 14.1 Å². The maximum absolute atomic E-state index is 11.4. The van der Waals surface area contributed by atoms with Gasteiger partial charge >= 0.3 is 0 Å². The van der Waals surface area contributed by atoms with E-state index in [9.17, 15) is 13.2 Å². The van der Waals surface area contributed by atoms with Crippen molar-refractivity contribution in [3.8, 4) is 5.75 Å². The lowest BCUT2D eigenvalue weighted by molar-refractivity contribution is -0.128. The molecule has 0 saturated carbocycles. The molecule has 0 radical (unpaired) electrons. The van der Waals surface area contributed by atoms with Crippen molar-refractivity contribution in [1.82, 2.24) is 4.90 Å². The Morgan fingerprint density at radius 3 is 2.24 bits per heavy atom. The summed E-state index contributed by atoms with van der Waals surface area (Å²) in [5.74, 6) is 0.156. The average molecular weight is 355 g/mol. The molecule has 0 spiro atoms. The Morgan fingerprint density at radius 2 is 1.81 bits per heavy atom. The lowest BCUT2D eigenvalue weighted by atomic mass is 10.3. The van der Waals surface area contributed by atoms with E-state index in [2.05, 4.69) is 0 Å². The number of nitrogens with two attached hydrogens (primary N) is 1. The number of carbonyl (C=O) groups is 1. The summed E-state index contributed by atoms with van der Waals surface area (Å²) in [7, 11) is -0.546. The monoisotopic (exact) mass is 354 g/mol. The first-order chi connectivity index (χ1) is 9.62. The fourth-order valence-electron chi connectivity index (χ4n) is 1.46. The molecule has 1 rings (SSSR count). The molecule has 0 aliphatic carbocycles. The number of primary sulfonamides is 1. The van der Waals surface area contributed by atoms with E-state index in [4.69, 9.17) is 33.1 Å². The number of amides is 1. The van der Waals surface area contributed by atoms with Gasteiger partial charge in [-0.3, -0.25) is 4.79 Å². The maximum atomic E-state index is 11.4. The number of hydrogen-bond donors (Lipinski definition) is 1. The molecule has 0 heterocycles. The molecule has 6 nitrogen and oxygen atoms in total. The molecule has 0 aliphatic heterocycles. The Balaban J connectivity index is 2.71. The van der Waals surface area contributed by atoms with Crippen LogP contribution in [0.1, 0.15) is 12.8 Å². The lowest BCUT2D eigenvalue weighted by Gasteiger charge is -2.12. The third-order valence-corrected chi connectivity index (χ3v) is 4.03. The molecule has 0 unspecified atom stereocenters. The van der Waals surface area contributed by atoms with Gasteiger partial charge in [0, 0.05) is 20.5 Å². The van der Waals surface area contributed by atoms with Crippen LogP contribution in [-0.4, -0.2) is 39.9 Å². The predicted octanol–water partition coefficient (Wildman–Crippen LogP) is 1.89. The van der Waals surface area contributed by atoms with Crippen molar-refractivity contribution in [3.63, 3.8) is 0 Å². The van der Waals surface area contributed by atoms with E-state index in [1.807, 2.05) is 0 Å². The highest BCUT2D eigenvalue weighted by atomic mass is 35.5. The van der Waals surface area contributed by atoms with Gasteiger partial charge in [-0.15, -0.1) is 0 Å². The second-order valence-corrected chi connectivity index (χ2v) is 6.88. The van der Waals surface area contributed by atoms with Crippen LogP contribution in [0.15, 0.2) is 17.0 Å². The molecule has 0 aliphatic rings. The van der Waals surface area contributed by atoms with Crippen LogP contribution in [0.3, 0.4) is 0 Å². The zero-order valence-electron chi connectivity index (χ0n) is 11.6. The van der Waals surface area contributed by atoms with Gasteiger partial charge < -0.3 is 9.64 Å². The standard InChI is InChI=1S/C12H16Cl2N2O4S/c1-16(2)11(17)4-3-5-20-12-9(13)6-8(7-10(12)14)21(15,18)19/h6-7H,3-5H2,1-2H3,(H2,15,18,19). The van der Waals surface area contributed by atoms with Crippen LogP contribution in [0.2, 0.25) is 10.0 Å². The summed E-state index contributed by atoms with van der Waals surface area (Å²) >= 11 is 11.9. The highest BCUT2D eigenvalue weighted by Gasteiger charge is 2.16. The molecule has 0 aromatic heterocycles. The van der Waals surface area contributed by atoms with Gasteiger partial charge in [0.2, 0.25) is 15.9 Å². The lowest BCUT2D eigenvalue weighted by Crippen LogP contribution is -2.21. The molecule has 9 heteroatoms. The zero-order valence-corrected chi connectivity index (χ0v) is 13.9. The molecule has 0 atom stereocenters. The largest absolute Gasteiger partial charge is 0.490 e. The van der Waals surface area contributed by atoms with Crippen LogP contribution in [-0.2, 0) is 14.8 Å². The van der Waals surface area contributed by atoms with E-state index in [0.717, 1.165) is 0 Å². The van der Waals surface area contributed by atoms with E-state index in [-0.39, 0.29) is 33.2 Å². The zero-order chi connectivity index (χ0) is 16.2. The summed E-state index contributed by atoms with van der Waals surface area (Å²) in [6, 6.07) is 2.34. The van der Waals surface area contributed by atoms with Crippen molar-refractivity contribution in [2.24, 2.45) is 5.14 Å². The van der Waals surface area contributed by atoms with Gasteiger partial charge in [0.1, 0.15) is 0 Å². The number of hydrogen-bond acceptors (Lipinski definition) is 4. The first kappa shape index (κ1) is 18.0. The molecule has 118 valence electrons. The molecule has 1 amide bonds. The number of rotatable bonds is 6. The van der Waals surface area contributed by atoms with Gasteiger partial charge in [-0.25, -0.2) is 13.6 Å². The molecule has 21 heavy (non-hydrogen) atoms. The van der Waals surface area contributed by atoms with Crippen molar-refractivity contribution < 1.29 is 17.9 Å². The summed E-state index contributed by atoms with van der Waals surface area (Å²) in [6.07, 6.45) is 0.818. The number of sulfonamides is 1. The molecule has 1 aromatic rings. The molecular weight excluding hydrogens is 339 g/mol. The quantitative estimate of drug-likeness (QED) is 0.789. The van der Waals surface area contributed by atoms with Gasteiger partial charge in [-0.05, 0) is 18.6 Å². The third-order valence-electron chi connectivity index (χ3n) is 2.58. The Hall–Kier alpha value is -1.02. The van der Waals surface area contributed by atoms with Crippen LogP contribution in [0.25, 0.3) is 0 Å². The second kappa shape index (κ2) is 7.31. The highest BCUT2D eigenvalue weighted by molar-refractivity contribution is 7.89. The Labute approximate surface area is 133 Å². The number of benzene rings is 1. The fourth-order valence-corrected chi connectivity index (χ4v) is 2.75. The minimum absolute atomic E-state index is 0.0135. The van der Waals surface area contributed by atoms with E-state index < -0.39 is 10.0 Å². The fraction of sp³-hybridized carbons (Fsp3) is 0.417. The van der Waals surface area contributed by atoms with E-state index >= 15 is 0 Å².